The number of carbonyl (C=O) groups excluding carboxylic acids is 1. The van der Waals surface area contributed by atoms with E-state index in [0.29, 0.717) is 54.0 Å². The fourth-order valence-electron chi connectivity index (χ4n) is 2.82. The Balaban J connectivity index is 1.63. The predicted octanol–water partition coefficient (Wildman–Crippen LogP) is 2.82. The van der Waals surface area contributed by atoms with Crippen LogP contribution in [0.4, 0.5) is 4.39 Å². The summed E-state index contributed by atoms with van der Waals surface area (Å²) in [4.78, 5) is 16.4. The lowest BCUT2D eigenvalue weighted by molar-refractivity contribution is 0.0616. The Labute approximate surface area is 149 Å². The monoisotopic (exact) mass is 370 g/mol. The molecule has 1 aromatic carbocycles. The fourth-order valence-corrected chi connectivity index (χ4v) is 3.29. The minimum absolute atomic E-state index is 0.136. The molecule has 1 aliphatic heterocycles. The van der Waals surface area contributed by atoms with E-state index in [9.17, 15) is 9.18 Å². The molecule has 24 heavy (non-hydrogen) atoms. The van der Waals surface area contributed by atoms with E-state index in [4.69, 9.17) is 23.2 Å². The van der Waals surface area contributed by atoms with E-state index in [1.54, 1.807) is 24.1 Å². The van der Waals surface area contributed by atoms with Gasteiger partial charge in [0.25, 0.3) is 5.91 Å². The molecule has 2 heterocycles. The molecule has 0 bridgehead atoms. The molecule has 1 amide bonds. The summed E-state index contributed by atoms with van der Waals surface area (Å²) in [5.74, 6) is -0.439. The van der Waals surface area contributed by atoms with Crippen molar-refractivity contribution in [2.45, 2.75) is 6.54 Å². The van der Waals surface area contributed by atoms with Crippen LogP contribution in [0.3, 0.4) is 0 Å². The van der Waals surface area contributed by atoms with Crippen molar-refractivity contribution in [2.24, 2.45) is 7.05 Å². The van der Waals surface area contributed by atoms with E-state index in [2.05, 4.69) is 10.00 Å². The van der Waals surface area contributed by atoms with Gasteiger partial charge in [-0.1, -0.05) is 29.3 Å². The number of benzene rings is 1. The zero-order chi connectivity index (χ0) is 17.3. The summed E-state index contributed by atoms with van der Waals surface area (Å²) in [5.41, 5.74) is 0.885. The van der Waals surface area contributed by atoms with Gasteiger partial charge < -0.3 is 4.90 Å². The highest BCUT2D eigenvalue weighted by atomic mass is 35.5. The van der Waals surface area contributed by atoms with Gasteiger partial charge in [0.2, 0.25) is 0 Å². The third kappa shape index (κ3) is 3.41. The zero-order valence-corrected chi connectivity index (χ0v) is 14.7. The van der Waals surface area contributed by atoms with Crippen LogP contribution in [0.1, 0.15) is 16.1 Å². The van der Waals surface area contributed by atoms with Gasteiger partial charge in [-0.05, 0) is 12.1 Å². The molecular formula is C16H17Cl2FN4O. The number of halogens is 3. The van der Waals surface area contributed by atoms with Crippen molar-refractivity contribution in [3.05, 3.63) is 51.5 Å². The van der Waals surface area contributed by atoms with Gasteiger partial charge in [-0.25, -0.2) is 4.39 Å². The van der Waals surface area contributed by atoms with Crippen LogP contribution in [0.2, 0.25) is 10.0 Å². The SMILES string of the molecule is Cn1ncc(Cl)c1C(=O)N1CCN(Cc2c(F)cccc2Cl)CC1. The third-order valence-electron chi connectivity index (χ3n) is 4.20. The zero-order valence-electron chi connectivity index (χ0n) is 13.2. The summed E-state index contributed by atoms with van der Waals surface area (Å²) in [6, 6.07) is 4.69. The number of carbonyl (C=O) groups is 1. The summed E-state index contributed by atoms with van der Waals surface area (Å²) < 4.78 is 15.4. The Hall–Kier alpha value is -1.63. The second-order valence-corrected chi connectivity index (χ2v) is 6.55. The lowest BCUT2D eigenvalue weighted by Gasteiger charge is -2.34. The highest BCUT2D eigenvalue weighted by Crippen LogP contribution is 2.22. The summed E-state index contributed by atoms with van der Waals surface area (Å²) >= 11 is 12.1. The average Bonchev–Trinajstić information content (AvgIpc) is 2.90. The van der Waals surface area contributed by atoms with Crippen LogP contribution in [0.15, 0.2) is 24.4 Å². The number of rotatable bonds is 3. The maximum absolute atomic E-state index is 13.9. The lowest BCUT2D eigenvalue weighted by Crippen LogP contribution is -2.48. The second kappa shape index (κ2) is 7.09. The standard InChI is InChI=1S/C16H17Cl2FN4O/c1-21-15(13(18)9-20-21)16(24)23-7-5-22(6-8-23)10-11-12(17)3-2-4-14(11)19/h2-4,9H,5-8,10H2,1H3. The van der Waals surface area contributed by atoms with Crippen molar-refractivity contribution in [3.63, 3.8) is 0 Å². The quantitative estimate of drug-likeness (QED) is 0.833. The first-order chi connectivity index (χ1) is 11.5. The molecule has 1 aromatic heterocycles. The molecule has 2 aromatic rings. The van der Waals surface area contributed by atoms with E-state index >= 15 is 0 Å². The van der Waals surface area contributed by atoms with Crippen molar-refractivity contribution < 1.29 is 9.18 Å². The summed E-state index contributed by atoms with van der Waals surface area (Å²) in [5, 5.41) is 4.77. The van der Waals surface area contributed by atoms with E-state index in [0.717, 1.165) is 0 Å². The smallest absolute Gasteiger partial charge is 0.273 e. The molecule has 1 aliphatic rings. The number of aromatic nitrogens is 2. The molecule has 0 unspecified atom stereocenters. The van der Waals surface area contributed by atoms with E-state index in [-0.39, 0.29) is 11.7 Å². The molecule has 0 atom stereocenters. The van der Waals surface area contributed by atoms with Gasteiger partial charge in [0, 0.05) is 50.4 Å². The molecule has 1 saturated heterocycles. The van der Waals surface area contributed by atoms with E-state index in [1.165, 1.54) is 16.9 Å². The first-order valence-corrected chi connectivity index (χ1v) is 8.35. The van der Waals surface area contributed by atoms with Crippen LogP contribution in [0.25, 0.3) is 0 Å². The van der Waals surface area contributed by atoms with Gasteiger partial charge in [0.1, 0.15) is 11.5 Å². The number of hydrogen-bond donors (Lipinski definition) is 0. The first-order valence-electron chi connectivity index (χ1n) is 7.59. The largest absolute Gasteiger partial charge is 0.335 e. The van der Waals surface area contributed by atoms with Gasteiger partial charge in [0.05, 0.1) is 11.2 Å². The fraction of sp³-hybridized carbons (Fsp3) is 0.375. The molecule has 0 radical (unpaired) electrons. The summed E-state index contributed by atoms with van der Waals surface area (Å²) in [7, 11) is 1.69. The molecule has 3 rings (SSSR count). The van der Waals surface area contributed by atoms with E-state index < -0.39 is 0 Å². The van der Waals surface area contributed by atoms with Crippen molar-refractivity contribution in [3.8, 4) is 0 Å². The Kier molecular flexibility index (Phi) is 5.08. The van der Waals surface area contributed by atoms with Gasteiger partial charge in [-0.15, -0.1) is 0 Å². The van der Waals surface area contributed by atoms with Crippen molar-refractivity contribution in [2.75, 3.05) is 26.2 Å². The molecule has 0 saturated carbocycles. The number of piperazine rings is 1. The second-order valence-electron chi connectivity index (χ2n) is 5.73. The lowest BCUT2D eigenvalue weighted by atomic mass is 10.1. The van der Waals surface area contributed by atoms with Crippen molar-refractivity contribution >= 4 is 29.1 Å². The Bertz CT molecular complexity index is 717. The first kappa shape index (κ1) is 17.2. The number of amides is 1. The Morgan fingerprint density at radius 2 is 1.92 bits per heavy atom. The molecule has 128 valence electrons. The highest BCUT2D eigenvalue weighted by molar-refractivity contribution is 6.33. The van der Waals surface area contributed by atoms with Crippen LogP contribution < -0.4 is 0 Å². The number of nitrogens with zero attached hydrogens (tertiary/aromatic N) is 4. The topological polar surface area (TPSA) is 41.4 Å². The molecular weight excluding hydrogens is 354 g/mol. The molecule has 0 aliphatic carbocycles. The minimum Gasteiger partial charge on any atom is -0.335 e. The number of aryl methyl sites for hydroxylation is 1. The third-order valence-corrected chi connectivity index (χ3v) is 4.83. The minimum atomic E-state index is -0.303. The predicted molar refractivity (Wildman–Crippen MR) is 90.8 cm³/mol. The molecule has 8 heteroatoms. The van der Waals surface area contributed by atoms with Gasteiger partial charge in [-0.2, -0.15) is 5.10 Å². The van der Waals surface area contributed by atoms with Crippen molar-refractivity contribution in [1.29, 1.82) is 0 Å². The normalized spacial score (nSPS) is 15.8. The van der Waals surface area contributed by atoms with Crippen LogP contribution in [0.5, 0.6) is 0 Å². The summed E-state index contributed by atoms with van der Waals surface area (Å²) in [6.07, 6.45) is 1.46. The maximum Gasteiger partial charge on any atom is 0.273 e. The molecule has 0 spiro atoms. The van der Waals surface area contributed by atoms with Crippen molar-refractivity contribution in [1.82, 2.24) is 19.6 Å². The van der Waals surface area contributed by atoms with Crippen LogP contribution >= 0.6 is 23.2 Å². The van der Waals surface area contributed by atoms with Crippen LogP contribution in [-0.2, 0) is 13.6 Å². The average molecular weight is 371 g/mol. The molecule has 1 fully saturated rings. The highest BCUT2D eigenvalue weighted by Gasteiger charge is 2.26. The van der Waals surface area contributed by atoms with Gasteiger partial charge >= 0.3 is 0 Å². The van der Waals surface area contributed by atoms with Gasteiger partial charge in [0.15, 0.2) is 0 Å². The number of hydrogen-bond acceptors (Lipinski definition) is 3. The maximum atomic E-state index is 13.9. The molecule has 0 N–H and O–H groups in total. The van der Waals surface area contributed by atoms with Crippen LogP contribution in [-0.4, -0.2) is 51.7 Å². The van der Waals surface area contributed by atoms with Crippen LogP contribution in [0, 0.1) is 5.82 Å². The Morgan fingerprint density at radius 3 is 2.50 bits per heavy atom. The Morgan fingerprint density at radius 1 is 1.21 bits per heavy atom. The summed E-state index contributed by atoms with van der Waals surface area (Å²) in [6.45, 7) is 2.82. The van der Waals surface area contributed by atoms with E-state index in [1.807, 2.05) is 0 Å². The molecule has 5 nitrogen and oxygen atoms in total. The van der Waals surface area contributed by atoms with Gasteiger partial charge in [-0.3, -0.25) is 14.4 Å².